The number of Topliss-reactive ketones (excluding diaryl/α,β-unsaturated/α-hetero) is 1. The van der Waals surface area contributed by atoms with E-state index in [4.69, 9.17) is 42.1 Å². The Labute approximate surface area is 115 Å². The first-order valence-electron chi connectivity index (χ1n) is 5.71. The van der Waals surface area contributed by atoms with Crippen molar-refractivity contribution in [3.63, 3.8) is 0 Å². The van der Waals surface area contributed by atoms with Gasteiger partial charge in [0.1, 0.15) is 17.8 Å². The van der Waals surface area contributed by atoms with Crippen LogP contribution in [0.1, 0.15) is 20.3 Å². The van der Waals surface area contributed by atoms with Gasteiger partial charge in [-0.2, -0.15) is 0 Å². The summed E-state index contributed by atoms with van der Waals surface area (Å²) < 4.78 is 20.9. The highest BCUT2D eigenvalue weighted by atomic mass is 35.5. The fraction of sp³-hybridized carbons (Fsp3) is 0.909. The average Bonchev–Trinajstić information content (AvgIpc) is 2.73. The summed E-state index contributed by atoms with van der Waals surface area (Å²) in [5.74, 6) is -1.04. The van der Waals surface area contributed by atoms with Gasteiger partial charge in [0.25, 0.3) is 0 Å². The molecule has 3 rings (SSSR count). The molecular formula is C11H14Cl2O5. The van der Waals surface area contributed by atoms with Crippen molar-refractivity contribution in [2.75, 3.05) is 7.11 Å². The number of alkyl halides is 2. The zero-order valence-corrected chi connectivity index (χ0v) is 11.7. The Morgan fingerprint density at radius 2 is 1.94 bits per heavy atom. The van der Waals surface area contributed by atoms with Crippen LogP contribution in [0, 0.1) is 0 Å². The largest absolute Gasteiger partial charge is 0.353 e. The van der Waals surface area contributed by atoms with Gasteiger partial charge in [0.15, 0.2) is 17.9 Å². The SMILES string of the molecule is COC1O[C@@]2(CC(=O)C2(Cl)Cl)C2OC(C)(C)OC12. The second kappa shape index (κ2) is 3.59. The molecule has 2 saturated heterocycles. The van der Waals surface area contributed by atoms with E-state index in [9.17, 15) is 4.79 Å². The number of hydrogen-bond acceptors (Lipinski definition) is 5. The highest BCUT2D eigenvalue weighted by Crippen LogP contribution is 2.60. The van der Waals surface area contributed by atoms with E-state index in [1.54, 1.807) is 13.8 Å². The van der Waals surface area contributed by atoms with E-state index in [0.717, 1.165) is 0 Å². The first-order valence-corrected chi connectivity index (χ1v) is 6.46. The maximum Gasteiger partial charge on any atom is 0.207 e. The number of ether oxygens (including phenoxy) is 4. The number of methoxy groups -OCH3 is 1. The lowest BCUT2D eigenvalue weighted by molar-refractivity contribution is -0.261. The van der Waals surface area contributed by atoms with E-state index in [2.05, 4.69) is 0 Å². The Hall–Kier alpha value is 0.0900. The lowest BCUT2D eigenvalue weighted by Gasteiger charge is -2.49. The molecule has 2 heterocycles. The van der Waals surface area contributed by atoms with Crippen molar-refractivity contribution in [1.82, 2.24) is 0 Å². The zero-order valence-electron chi connectivity index (χ0n) is 10.2. The minimum atomic E-state index is -1.60. The number of carbonyl (C=O) groups excluding carboxylic acids is 1. The van der Waals surface area contributed by atoms with Gasteiger partial charge in [-0.25, -0.2) is 0 Å². The van der Waals surface area contributed by atoms with E-state index >= 15 is 0 Å². The number of ketones is 1. The van der Waals surface area contributed by atoms with Crippen LogP contribution in [0.25, 0.3) is 0 Å². The van der Waals surface area contributed by atoms with Gasteiger partial charge in [-0.05, 0) is 13.8 Å². The van der Waals surface area contributed by atoms with Crippen LogP contribution < -0.4 is 0 Å². The highest BCUT2D eigenvalue weighted by Gasteiger charge is 2.78. The smallest absolute Gasteiger partial charge is 0.207 e. The van der Waals surface area contributed by atoms with E-state index in [1.165, 1.54) is 7.11 Å². The Balaban J connectivity index is 1.97. The molecule has 18 heavy (non-hydrogen) atoms. The van der Waals surface area contributed by atoms with Crippen molar-refractivity contribution in [3.05, 3.63) is 0 Å². The first-order chi connectivity index (χ1) is 8.23. The third-order valence-electron chi connectivity index (χ3n) is 3.72. The second-order valence-corrected chi connectivity index (χ2v) is 6.63. The number of hydrogen-bond donors (Lipinski definition) is 0. The van der Waals surface area contributed by atoms with E-state index < -0.39 is 34.2 Å². The molecule has 0 bridgehead atoms. The minimum absolute atomic E-state index is 0.112. The van der Waals surface area contributed by atoms with Crippen LogP contribution in [0.5, 0.6) is 0 Å². The molecule has 0 N–H and O–H groups in total. The molecule has 0 amide bonds. The van der Waals surface area contributed by atoms with Crippen LogP contribution in [0.2, 0.25) is 0 Å². The van der Waals surface area contributed by atoms with Gasteiger partial charge in [-0.1, -0.05) is 23.2 Å². The van der Waals surface area contributed by atoms with E-state index in [1.807, 2.05) is 0 Å². The summed E-state index contributed by atoms with van der Waals surface area (Å²) in [4.78, 5) is 11.6. The van der Waals surface area contributed by atoms with Gasteiger partial charge in [-0.15, -0.1) is 0 Å². The Kier molecular flexibility index (Phi) is 2.61. The molecule has 0 aromatic carbocycles. The molecule has 3 unspecified atom stereocenters. The Bertz CT molecular complexity index is 410. The molecule has 5 nitrogen and oxygen atoms in total. The molecule has 4 atom stereocenters. The van der Waals surface area contributed by atoms with Gasteiger partial charge < -0.3 is 18.9 Å². The fourth-order valence-electron chi connectivity index (χ4n) is 2.86. The first kappa shape index (κ1) is 13.1. The fourth-order valence-corrected chi connectivity index (χ4v) is 3.43. The van der Waals surface area contributed by atoms with Crippen molar-refractivity contribution < 1.29 is 23.7 Å². The van der Waals surface area contributed by atoms with Crippen molar-refractivity contribution in [2.24, 2.45) is 0 Å². The lowest BCUT2D eigenvalue weighted by atomic mass is 9.73. The Morgan fingerprint density at radius 3 is 2.44 bits per heavy atom. The van der Waals surface area contributed by atoms with Gasteiger partial charge >= 0.3 is 0 Å². The third-order valence-corrected chi connectivity index (χ3v) is 4.78. The highest BCUT2D eigenvalue weighted by molar-refractivity contribution is 6.61. The molecule has 0 aromatic heterocycles. The molecule has 1 spiro atoms. The number of rotatable bonds is 1. The molecule has 1 aliphatic carbocycles. The van der Waals surface area contributed by atoms with Gasteiger partial charge in [0, 0.05) is 13.5 Å². The second-order valence-electron chi connectivity index (χ2n) is 5.31. The Morgan fingerprint density at radius 1 is 1.28 bits per heavy atom. The van der Waals surface area contributed by atoms with Crippen molar-refractivity contribution >= 4 is 29.0 Å². The number of carbonyl (C=O) groups is 1. The quantitative estimate of drug-likeness (QED) is 0.685. The third kappa shape index (κ3) is 1.40. The molecule has 102 valence electrons. The number of fused-ring (bicyclic) bond motifs is 2. The topological polar surface area (TPSA) is 54.0 Å². The molecule has 0 aromatic rings. The molecule has 2 aliphatic heterocycles. The van der Waals surface area contributed by atoms with E-state index in [0.29, 0.717) is 0 Å². The molecule has 7 heteroatoms. The predicted molar refractivity (Wildman–Crippen MR) is 62.5 cm³/mol. The van der Waals surface area contributed by atoms with Crippen molar-refractivity contribution in [1.29, 1.82) is 0 Å². The monoisotopic (exact) mass is 296 g/mol. The van der Waals surface area contributed by atoms with Crippen LogP contribution >= 0.6 is 23.2 Å². The molecule has 0 radical (unpaired) electrons. The summed E-state index contributed by atoms with van der Waals surface area (Å²) in [5, 5.41) is 0. The molecular weight excluding hydrogens is 283 g/mol. The predicted octanol–water partition coefficient (Wildman–Crippen LogP) is 1.39. The van der Waals surface area contributed by atoms with Crippen LogP contribution in [0.4, 0.5) is 0 Å². The van der Waals surface area contributed by atoms with Crippen molar-refractivity contribution in [2.45, 2.75) is 54.5 Å². The number of halogens is 2. The molecule has 1 saturated carbocycles. The van der Waals surface area contributed by atoms with Crippen molar-refractivity contribution in [3.8, 4) is 0 Å². The van der Waals surface area contributed by atoms with Crippen LogP contribution in [-0.2, 0) is 23.7 Å². The summed E-state index contributed by atoms with van der Waals surface area (Å²) >= 11 is 12.2. The van der Waals surface area contributed by atoms with Gasteiger partial charge in [-0.3, -0.25) is 4.79 Å². The zero-order chi connectivity index (χ0) is 13.3. The molecule has 3 aliphatic rings. The summed E-state index contributed by atoms with van der Waals surface area (Å²) in [6.07, 6.45) is -1.47. The van der Waals surface area contributed by atoms with Crippen LogP contribution in [0.15, 0.2) is 0 Å². The van der Waals surface area contributed by atoms with E-state index in [-0.39, 0.29) is 12.2 Å². The minimum Gasteiger partial charge on any atom is -0.353 e. The van der Waals surface area contributed by atoms with Crippen LogP contribution in [0.3, 0.4) is 0 Å². The molecule has 3 fully saturated rings. The van der Waals surface area contributed by atoms with Gasteiger partial charge in [0.2, 0.25) is 4.33 Å². The standard InChI is InChI=1S/C11H14Cl2O5/c1-9(2)16-6-7(17-9)10(18-8(6)15-3)4-5(14)11(10,12)13/h6-8H,4H2,1-3H3/t6?,7?,8?,10-/m0/s1. The van der Waals surface area contributed by atoms with Crippen LogP contribution in [-0.4, -0.2) is 47.1 Å². The van der Waals surface area contributed by atoms with Gasteiger partial charge in [0.05, 0.1) is 0 Å². The average molecular weight is 297 g/mol. The lowest BCUT2D eigenvalue weighted by Crippen LogP contribution is -2.69. The normalized spacial score (nSPS) is 48.3. The summed E-state index contributed by atoms with van der Waals surface area (Å²) in [6.45, 7) is 3.58. The summed E-state index contributed by atoms with van der Waals surface area (Å²) in [7, 11) is 1.50. The maximum absolute atomic E-state index is 11.6. The summed E-state index contributed by atoms with van der Waals surface area (Å²) in [5.41, 5.74) is -1.08. The maximum atomic E-state index is 11.6. The summed E-state index contributed by atoms with van der Waals surface area (Å²) in [6, 6.07) is 0.